The Balaban J connectivity index is 3.67. The van der Waals surface area contributed by atoms with Gasteiger partial charge in [0, 0.05) is 0 Å². The van der Waals surface area contributed by atoms with E-state index in [0.717, 1.165) is 0 Å². The number of carbonyl (C=O) groups excluding carboxylic acids is 1. The molecule has 0 aliphatic rings. The molecule has 2 atom stereocenters. The first kappa shape index (κ1) is 13.9. The molecule has 0 radical (unpaired) electrons. The molecule has 0 saturated heterocycles. The van der Waals surface area contributed by atoms with Crippen LogP contribution in [0, 0.1) is 0 Å². The molecule has 15 heavy (non-hydrogen) atoms. The minimum absolute atomic E-state index is 0.293. The molecule has 0 aliphatic heterocycles. The Labute approximate surface area is 88.6 Å². The monoisotopic (exact) mass is 218 g/mol. The Bertz CT molecular complexity index is 220. The van der Waals surface area contributed by atoms with Gasteiger partial charge in [0.05, 0.1) is 6.61 Å². The lowest BCUT2D eigenvalue weighted by Crippen LogP contribution is -2.34. The summed E-state index contributed by atoms with van der Waals surface area (Å²) in [6.45, 7) is 1.99. The molecular formula is C9H18N2O4. The molecule has 88 valence electrons. The van der Waals surface area contributed by atoms with E-state index in [1.54, 1.807) is 6.92 Å². The summed E-state index contributed by atoms with van der Waals surface area (Å²) in [6, 6.07) is -1.58. The Morgan fingerprint density at radius 1 is 1.27 bits per heavy atom. The van der Waals surface area contributed by atoms with Crippen LogP contribution in [-0.2, 0) is 14.3 Å². The largest absolute Gasteiger partial charge is 0.480 e. The fourth-order valence-corrected chi connectivity index (χ4v) is 1.05. The number of rotatable bonds is 7. The zero-order valence-electron chi connectivity index (χ0n) is 8.81. The number of nitrogens with two attached hydrogens (primary N) is 2. The zero-order chi connectivity index (χ0) is 11.8. The molecule has 5 N–H and O–H groups in total. The predicted octanol–water partition coefficient (Wildman–Crippen LogP) is -0.541. The molecule has 0 saturated carbocycles. The van der Waals surface area contributed by atoms with Crippen LogP contribution in [0.15, 0.2) is 0 Å². The summed E-state index contributed by atoms with van der Waals surface area (Å²) >= 11 is 0. The number of hydrogen-bond donors (Lipinski definition) is 3. The number of carboxylic acid groups (broad SMARTS) is 1. The van der Waals surface area contributed by atoms with E-state index in [9.17, 15) is 9.59 Å². The average molecular weight is 218 g/mol. The van der Waals surface area contributed by atoms with Crippen molar-refractivity contribution < 1.29 is 19.4 Å². The third-order valence-electron chi connectivity index (χ3n) is 1.94. The van der Waals surface area contributed by atoms with Crippen molar-refractivity contribution in [1.82, 2.24) is 0 Å². The molecule has 0 heterocycles. The van der Waals surface area contributed by atoms with Crippen LogP contribution in [0.4, 0.5) is 0 Å². The number of carbonyl (C=O) groups is 2. The Morgan fingerprint density at radius 3 is 2.27 bits per heavy atom. The van der Waals surface area contributed by atoms with E-state index < -0.39 is 24.0 Å². The average Bonchev–Trinajstić information content (AvgIpc) is 2.17. The summed E-state index contributed by atoms with van der Waals surface area (Å²) in [4.78, 5) is 21.4. The van der Waals surface area contributed by atoms with Gasteiger partial charge in [-0.15, -0.1) is 0 Å². The van der Waals surface area contributed by atoms with Gasteiger partial charge in [0.25, 0.3) is 0 Å². The maximum absolute atomic E-state index is 11.1. The molecule has 2 unspecified atom stereocenters. The number of esters is 1. The summed E-state index contributed by atoms with van der Waals surface area (Å²) in [5.41, 5.74) is 10.8. The molecule has 0 rings (SSSR count). The molecule has 6 nitrogen and oxygen atoms in total. The van der Waals surface area contributed by atoms with Gasteiger partial charge in [-0.1, -0.05) is 0 Å². The minimum Gasteiger partial charge on any atom is -0.480 e. The molecule has 0 aromatic rings. The van der Waals surface area contributed by atoms with Crippen molar-refractivity contribution in [2.45, 2.75) is 38.3 Å². The molecule has 0 aromatic carbocycles. The molecular weight excluding hydrogens is 200 g/mol. The lowest BCUT2D eigenvalue weighted by molar-refractivity contribution is -0.144. The van der Waals surface area contributed by atoms with E-state index >= 15 is 0 Å². The quantitative estimate of drug-likeness (QED) is 0.494. The first-order valence-electron chi connectivity index (χ1n) is 4.89. The van der Waals surface area contributed by atoms with E-state index in [1.807, 2.05) is 0 Å². The standard InChI is InChI=1S/C9H18N2O4/c1-2-15-9(14)7(11)5-3-4-6(10)8(12)13/h6-7H,2-5,10-11H2,1H3,(H,12,13). The van der Waals surface area contributed by atoms with E-state index in [2.05, 4.69) is 0 Å². The third-order valence-corrected chi connectivity index (χ3v) is 1.94. The van der Waals surface area contributed by atoms with Crippen LogP contribution in [-0.4, -0.2) is 35.7 Å². The smallest absolute Gasteiger partial charge is 0.322 e. The molecule has 0 spiro atoms. The highest BCUT2D eigenvalue weighted by Gasteiger charge is 2.16. The third kappa shape index (κ3) is 6.03. The highest BCUT2D eigenvalue weighted by Crippen LogP contribution is 2.03. The van der Waals surface area contributed by atoms with Crippen molar-refractivity contribution in [3.05, 3.63) is 0 Å². The summed E-state index contributed by atoms with van der Waals surface area (Å²) in [5, 5.41) is 8.49. The summed E-state index contributed by atoms with van der Waals surface area (Å²) in [5.74, 6) is -1.50. The normalized spacial score (nSPS) is 14.3. The van der Waals surface area contributed by atoms with Gasteiger partial charge in [-0.25, -0.2) is 0 Å². The fraction of sp³-hybridized carbons (Fsp3) is 0.778. The van der Waals surface area contributed by atoms with Gasteiger partial charge in [0.15, 0.2) is 0 Å². The van der Waals surface area contributed by atoms with Crippen molar-refractivity contribution >= 4 is 11.9 Å². The summed E-state index contributed by atoms with van der Waals surface area (Å²) in [6.07, 6.45) is 1.19. The summed E-state index contributed by atoms with van der Waals surface area (Å²) < 4.78 is 4.70. The van der Waals surface area contributed by atoms with Gasteiger partial charge in [0.1, 0.15) is 12.1 Å². The molecule has 0 aliphatic carbocycles. The first-order chi connectivity index (χ1) is 6.99. The van der Waals surface area contributed by atoms with Crippen LogP contribution in [0.1, 0.15) is 26.2 Å². The lowest BCUT2D eigenvalue weighted by atomic mass is 10.1. The number of ether oxygens (including phenoxy) is 1. The molecule has 0 bridgehead atoms. The van der Waals surface area contributed by atoms with Crippen molar-refractivity contribution in [1.29, 1.82) is 0 Å². The van der Waals surface area contributed by atoms with Crippen LogP contribution >= 0.6 is 0 Å². The van der Waals surface area contributed by atoms with E-state index in [0.29, 0.717) is 25.9 Å². The van der Waals surface area contributed by atoms with E-state index in [-0.39, 0.29) is 0 Å². The topological polar surface area (TPSA) is 116 Å². The lowest BCUT2D eigenvalue weighted by Gasteiger charge is -2.11. The van der Waals surface area contributed by atoms with Crippen LogP contribution < -0.4 is 11.5 Å². The van der Waals surface area contributed by atoms with E-state index in [4.69, 9.17) is 21.3 Å². The molecule has 6 heteroatoms. The van der Waals surface area contributed by atoms with Gasteiger partial charge < -0.3 is 21.3 Å². The number of aliphatic carboxylic acids is 1. The van der Waals surface area contributed by atoms with Crippen LogP contribution in [0.2, 0.25) is 0 Å². The van der Waals surface area contributed by atoms with Gasteiger partial charge in [-0.3, -0.25) is 9.59 Å². The van der Waals surface area contributed by atoms with Crippen molar-refractivity contribution in [3.8, 4) is 0 Å². The second kappa shape index (κ2) is 7.19. The van der Waals surface area contributed by atoms with Gasteiger partial charge in [-0.05, 0) is 26.2 Å². The molecule has 0 fully saturated rings. The van der Waals surface area contributed by atoms with Crippen molar-refractivity contribution in [2.75, 3.05) is 6.61 Å². The highest BCUT2D eigenvalue weighted by molar-refractivity contribution is 5.75. The Morgan fingerprint density at radius 2 is 1.80 bits per heavy atom. The SMILES string of the molecule is CCOC(=O)C(N)CCCC(N)C(=O)O. The maximum Gasteiger partial charge on any atom is 0.322 e. The molecule has 0 aromatic heterocycles. The van der Waals surface area contributed by atoms with Crippen LogP contribution in [0.25, 0.3) is 0 Å². The maximum atomic E-state index is 11.1. The number of hydrogen-bond acceptors (Lipinski definition) is 5. The number of carboxylic acids is 1. The second-order valence-electron chi connectivity index (χ2n) is 3.23. The Kier molecular flexibility index (Phi) is 6.64. The van der Waals surface area contributed by atoms with Gasteiger partial charge >= 0.3 is 11.9 Å². The van der Waals surface area contributed by atoms with Crippen molar-refractivity contribution in [3.63, 3.8) is 0 Å². The summed E-state index contributed by atoms with van der Waals surface area (Å²) in [7, 11) is 0. The van der Waals surface area contributed by atoms with Gasteiger partial charge in [0.2, 0.25) is 0 Å². The minimum atomic E-state index is -1.04. The zero-order valence-corrected chi connectivity index (χ0v) is 8.81. The van der Waals surface area contributed by atoms with Crippen molar-refractivity contribution in [2.24, 2.45) is 11.5 Å². The molecule has 0 amide bonds. The van der Waals surface area contributed by atoms with E-state index in [1.165, 1.54) is 0 Å². The first-order valence-corrected chi connectivity index (χ1v) is 4.89. The van der Waals surface area contributed by atoms with Crippen LogP contribution in [0.3, 0.4) is 0 Å². The highest BCUT2D eigenvalue weighted by atomic mass is 16.5. The van der Waals surface area contributed by atoms with Crippen LogP contribution in [0.5, 0.6) is 0 Å². The fourth-order valence-electron chi connectivity index (χ4n) is 1.05. The Hall–Kier alpha value is -1.14. The van der Waals surface area contributed by atoms with Gasteiger partial charge in [-0.2, -0.15) is 0 Å². The second-order valence-corrected chi connectivity index (χ2v) is 3.23. The predicted molar refractivity (Wildman–Crippen MR) is 54.1 cm³/mol.